The Bertz CT molecular complexity index is 1440. The number of nitrogens with one attached hydrogen (secondary N) is 1. The van der Waals surface area contributed by atoms with E-state index in [9.17, 15) is 22.4 Å². The van der Waals surface area contributed by atoms with Gasteiger partial charge in [0.2, 0.25) is 11.8 Å². The van der Waals surface area contributed by atoms with Crippen LogP contribution in [0, 0.1) is 26.6 Å². The molecule has 214 valence electrons. The van der Waals surface area contributed by atoms with E-state index in [1.54, 1.807) is 43.3 Å². The molecule has 0 aliphatic heterocycles. The molecule has 0 aliphatic rings. The molecule has 3 aromatic carbocycles. The highest BCUT2D eigenvalue weighted by Crippen LogP contribution is 2.27. The zero-order chi connectivity index (χ0) is 29.6. The summed E-state index contributed by atoms with van der Waals surface area (Å²) in [6.45, 7) is 10.5. The van der Waals surface area contributed by atoms with Crippen LogP contribution in [0.4, 0.5) is 10.1 Å². The van der Waals surface area contributed by atoms with Crippen molar-refractivity contribution in [2.75, 3.05) is 10.8 Å². The minimum atomic E-state index is -4.14. The lowest BCUT2D eigenvalue weighted by atomic mass is 10.1. The Morgan fingerprint density at radius 1 is 0.900 bits per heavy atom. The highest BCUT2D eigenvalue weighted by Gasteiger charge is 2.33. The minimum absolute atomic E-state index is 0.000446. The molecule has 0 heterocycles. The van der Waals surface area contributed by atoms with E-state index in [0.717, 1.165) is 21.0 Å². The van der Waals surface area contributed by atoms with Gasteiger partial charge in [0.05, 0.1) is 10.6 Å². The minimum Gasteiger partial charge on any atom is -0.352 e. The second-order valence-corrected chi connectivity index (χ2v) is 12.1. The number of carbonyl (C=O) groups is 2. The predicted molar refractivity (Wildman–Crippen MR) is 156 cm³/mol. The molecule has 7 nitrogen and oxygen atoms in total. The van der Waals surface area contributed by atoms with E-state index in [0.29, 0.717) is 17.7 Å². The van der Waals surface area contributed by atoms with E-state index in [-0.39, 0.29) is 23.4 Å². The molecule has 0 saturated carbocycles. The lowest BCUT2D eigenvalue weighted by Gasteiger charge is -2.32. The third kappa shape index (κ3) is 7.47. The van der Waals surface area contributed by atoms with Gasteiger partial charge in [0.15, 0.2) is 0 Å². The van der Waals surface area contributed by atoms with E-state index in [4.69, 9.17) is 0 Å². The van der Waals surface area contributed by atoms with Gasteiger partial charge in [-0.1, -0.05) is 42.8 Å². The maximum Gasteiger partial charge on any atom is 0.264 e. The normalized spacial score (nSPS) is 12.9. The Morgan fingerprint density at radius 3 is 2.10 bits per heavy atom. The lowest BCUT2D eigenvalue weighted by molar-refractivity contribution is -0.139. The molecule has 0 spiro atoms. The highest BCUT2D eigenvalue weighted by molar-refractivity contribution is 7.92. The third-order valence-electron chi connectivity index (χ3n) is 7.10. The number of carbonyl (C=O) groups excluding carboxylic acids is 2. The molecule has 1 N–H and O–H groups in total. The van der Waals surface area contributed by atoms with Crippen molar-refractivity contribution in [2.24, 2.45) is 0 Å². The molecule has 0 fully saturated rings. The van der Waals surface area contributed by atoms with Crippen LogP contribution in [0.5, 0.6) is 0 Å². The second-order valence-electron chi connectivity index (χ2n) is 10.2. The fourth-order valence-electron chi connectivity index (χ4n) is 4.08. The van der Waals surface area contributed by atoms with E-state index in [1.807, 2.05) is 40.7 Å². The quantitative estimate of drug-likeness (QED) is 0.342. The molecule has 2 amide bonds. The summed E-state index contributed by atoms with van der Waals surface area (Å²) in [4.78, 5) is 28.4. The van der Waals surface area contributed by atoms with E-state index < -0.39 is 34.3 Å². The van der Waals surface area contributed by atoms with Crippen molar-refractivity contribution in [3.63, 3.8) is 0 Å². The Kier molecular flexibility index (Phi) is 10.1. The van der Waals surface area contributed by atoms with E-state index in [1.165, 1.54) is 29.2 Å². The first-order chi connectivity index (χ1) is 18.8. The van der Waals surface area contributed by atoms with Crippen molar-refractivity contribution in [2.45, 2.75) is 71.5 Å². The maximum absolute atomic E-state index is 13.9. The van der Waals surface area contributed by atoms with Crippen LogP contribution < -0.4 is 9.62 Å². The topological polar surface area (TPSA) is 86.8 Å². The van der Waals surface area contributed by atoms with Crippen molar-refractivity contribution >= 4 is 27.5 Å². The van der Waals surface area contributed by atoms with Gasteiger partial charge in [-0.15, -0.1) is 0 Å². The Labute approximate surface area is 237 Å². The van der Waals surface area contributed by atoms with E-state index in [2.05, 4.69) is 5.32 Å². The second kappa shape index (κ2) is 13.1. The summed E-state index contributed by atoms with van der Waals surface area (Å²) in [6, 6.07) is 16.3. The average molecular weight is 568 g/mol. The first-order valence-corrected chi connectivity index (χ1v) is 14.8. The molecule has 0 saturated heterocycles. The van der Waals surface area contributed by atoms with Crippen LogP contribution >= 0.6 is 0 Å². The largest absolute Gasteiger partial charge is 0.352 e. The van der Waals surface area contributed by atoms with Gasteiger partial charge >= 0.3 is 0 Å². The predicted octanol–water partition coefficient (Wildman–Crippen LogP) is 5.28. The summed E-state index contributed by atoms with van der Waals surface area (Å²) in [5.74, 6) is -1.34. The summed E-state index contributed by atoms with van der Waals surface area (Å²) < 4.78 is 42.5. The fourth-order valence-corrected chi connectivity index (χ4v) is 5.49. The van der Waals surface area contributed by atoms with Gasteiger partial charge in [-0.25, -0.2) is 12.8 Å². The molecule has 3 aromatic rings. The van der Waals surface area contributed by atoms with Crippen molar-refractivity contribution in [1.29, 1.82) is 0 Å². The summed E-state index contributed by atoms with van der Waals surface area (Å²) in [5.41, 5.74) is 3.71. The van der Waals surface area contributed by atoms with Crippen molar-refractivity contribution < 1.29 is 22.4 Å². The molecule has 0 unspecified atom stereocenters. The number of nitrogens with zero attached hydrogens (tertiary/aromatic N) is 2. The summed E-state index contributed by atoms with van der Waals surface area (Å²) in [6.07, 6.45) is 0.708. The molecule has 0 bridgehead atoms. The fraction of sp³-hybridized carbons (Fsp3) is 0.355. The molecule has 3 rings (SSSR count). The van der Waals surface area contributed by atoms with Crippen LogP contribution in [0.25, 0.3) is 0 Å². The van der Waals surface area contributed by atoms with Crippen LogP contribution in [0.1, 0.15) is 49.4 Å². The number of halogens is 1. The summed E-state index contributed by atoms with van der Waals surface area (Å²) >= 11 is 0. The number of benzene rings is 3. The molecule has 9 heteroatoms. The van der Waals surface area contributed by atoms with Crippen LogP contribution in [0.2, 0.25) is 0 Å². The standard InChI is InChI=1S/C31H38FN3O4S/c1-7-24(5)33-31(37)25(6)34(19-26-11-13-27(32)14-12-26)30(36)20-35(28-15-10-22(3)23(4)18-28)40(38,39)29-16-8-21(2)9-17-29/h8-18,24-25H,7,19-20H2,1-6H3,(H,33,37)/t24-,25-/m0/s1. The Balaban J connectivity index is 2.04. The average Bonchev–Trinajstić information content (AvgIpc) is 2.92. The third-order valence-corrected chi connectivity index (χ3v) is 8.89. The van der Waals surface area contributed by atoms with Crippen LogP contribution in [0.15, 0.2) is 71.6 Å². The molecule has 0 aromatic heterocycles. The number of hydrogen-bond donors (Lipinski definition) is 1. The molecule has 0 radical (unpaired) electrons. The van der Waals surface area contributed by atoms with Gasteiger partial charge in [-0.3, -0.25) is 13.9 Å². The molecule has 2 atom stereocenters. The number of sulfonamides is 1. The van der Waals surface area contributed by atoms with Crippen LogP contribution in [-0.2, 0) is 26.2 Å². The SMILES string of the molecule is CC[C@H](C)NC(=O)[C@H](C)N(Cc1ccc(F)cc1)C(=O)CN(c1ccc(C)c(C)c1)S(=O)(=O)c1ccc(C)cc1. The van der Waals surface area contributed by atoms with Crippen LogP contribution in [-0.4, -0.2) is 43.8 Å². The smallest absolute Gasteiger partial charge is 0.264 e. The first kappa shape index (κ1) is 30.8. The first-order valence-electron chi connectivity index (χ1n) is 13.3. The van der Waals surface area contributed by atoms with Crippen molar-refractivity contribution in [1.82, 2.24) is 10.2 Å². The van der Waals surface area contributed by atoms with Crippen LogP contribution in [0.3, 0.4) is 0 Å². The van der Waals surface area contributed by atoms with Gasteiger partial charge in [0, 0.05) is 12.6 Å². The van der Waals surface area contributed by atoms with Gasteiger partial charge < -0.3 is 10.2 Å². The zero-order valence-corrected chi connectivity index (χ0v) is 24.8. The number of aryl methyl sites for hydroxylation is 3. The van der Waals surface area contributed by atoms with Gasteiger partial charge in [-0.05, 0) is 94.1 Å². The maximum atomic E-state index is 13.9. The van der Waals surface area contributed by atoms with E-state index >= 15 is 0 Å². The van der Waals surface area contributed by atoms with Gasteiger partial charge in [0.25, 0.3) is 10.0 Å². The number of hydrogen-bond acceptors (Lipinski definition) is 4. The number of anilines is 1. The molecular formula is C31H38FN3O4S. The summed E-state index contributed by atoms with van der Waals surface area (Å²) in [5, 5.41) is 2.89. The zero-order valence-electron chi connectivity index (χ0n) is 23.9. The van der Waals surface area contributed by atoms with Crippen molar-refractivity contribution in [3.05, 3.63) is 94.8 Å². The monoisotopic (exact) mass is 567 g/mol. The van der Waals surface area contributed by atoms with Gasteiger partial charge in [0.1, 0.15) is 18.4 Å². The lowest BCUT2D eigenvalue weighted by Crippen LogP contribution is -2.52. The van der Waals surface area contributed by atoms with Gasteiger partial charge in [-0.2, -0.15) is 0 Å². The molecular weight excluding hydrogens is 529 g/mol. The van der Waals surface area contributed by atoms with Crippen molar-refractivity contribution in [3.8, 4) is 0 Å². The molecule has 40 heavy (non-hydrogen) atoms. The summed E-state index contributed by atoms with van der Waals surface area (Å²) in [7, 11) is -4.14. The molecule has 0 aliphatic carbocycles. The number of amides is 2. The number of rotatable bonds is 11. The highest BCUT2D eigenvalue weighted by atomic mass is 32.2. The Morgan fingerprint density at radius 2 is 1.52 bits per heavy atom. The Hall–Kier alpha value is -3.72.